The van der Waals surface area contributed by atoms with Crippen molar-refractivity contribution < 1.29 is 22.8 Å². The number of hydrogen-bond acceptors (Lipinski definition) is 6. The summed E-state index contributed by atoms with van der Waals surface area (Å²) in [5, 5.41) is 8.72. The van der Waals surface area contributed by atoms with Crippen LogP contribution in [0.15, 0.2) is 89.8 Å². The minimum Gasteiger partial charge on any atom is -0.364 e. The molecule has 0 radical (unpaired) electrons. The molecular weight excluding hydrogens is 516 g/mol. The van der Waals surface area contributed by atoms with Crippen LogP contribution in [0.4, 0.5) is 5.69 Å². The number of anilines is 1. The van der Waals surface area contributed by atoms with Gasteiger partial charge in [0.2, 0.25) is 5.91 Å². The molecule has 11 heteroatoms. The Morgan fingerprint density at radius 1 is 0.892 bits per heavy atom. The van der Waals surface area contributed by atoms with E-state index in [1.165, 1.54) is 24.3 Å². The van der Waals surface area contributed by atoms with Gasteiger partial charge in [-0.25, -0.2) is 0 Å². The minimum absolute atomic E-state index is 0. The molecular formula is C26H29ClN4O5S. The summed E-state index contributed by atoms with van der Waals surface area (Å²) in [5.41, 5.74) is 0.557. The number of carbonyl (C=O) groups excluding carboxylic acids is 2. The number of sulfonamides is 1. The molecule has 9 nitrogen and oxygen atoms in total. The Morgan fingerprint density at radius 3 is 2.11 bits per heavy atom. The van der Waals surface area contributed by atoms with Crippen molar-refractivity contribution in [1.82, 2.24) is 16.0 Å². The van der Waals surface area contributed by atoms with Crippen LogP contribution >= 0.6 is 12.4 Å². The number of halogens is 1. The number of rotatable bonds is 9. The van der Waals surface area contributed by atoms with E-state index in [9.17, 15) is 18.0 Å². The normalized spacial score (nSPS) is 13.6. The van der Waals surface area contributed by atoms with Crippen LogP contribution in [-0.4, -0.2) is 45.9 Å². The molecule has 1 aliphatic rings. The molecule has 4 rings (SSSR count). The lowest BCUT2D eigenvalue weighted by Crippen LogP contribution is -2.46. The fraction of sp³-hybridized carbons (Fsp3) is 0.231. The van der Waals surface area contributed by atoms with Crippen molar-refractivity contribution in [2.24, 2.45) is 0 Å². The molecule has 0 spiro atoms. The van der Waals surface area contributed by atoms with E-state index >= 15 is 0 Å². The van der Waals surface area contributed by atoms with Gasteiger partial charge in [-0.15, -0.1) is 12.4 Å². The molecule has 3 N–H and O–H groups in total. The summed E-state index contributed by atoms with van der Waals surface area (Å²) in [6.07, 6.45) is 1.70. The second kappa shape index (κ2) is 13.1. The lowest BCUT2D eigenvalue weighted by atomic mass is 10.1. The van der Waals surface area contributed by atoms with E-state index in [1.807, 2.05) is 0 Å². The maximum Gasteiger partial charge on any atom is 0.295 e. The van der Waals surface area contributed by atoms with Crippen LogP contribution < -0.4 is 25.3 Å². The zero-order valence-corrected chi connectivity index (χ0v) is 21.6. The van der Waals surface area contributed by atoms with Gasteiger partial charge in [0.25, 0.3) is 15.9 Å². The van der Waals surface area contributed by atoms with Crippen molar-refractivity contribution in [3.05, 3.63) is 90.5 Å². The number of para-hydroxylation sites is 2. The number of hydrogen-bond donors (Lipinski definition) is 3. The molecule has 0 aliphatic carbocycles. The van der Waals surface area contributed by atoms with Gasteiger partial charge in [-0.1, -0.05) is 40.9 Å². The molecule has 1 aliphatic heterocycles. The number of amides is 2. The lowest BCUT2D eigenvalue weighted by molar-refractivity contribution is -0.121. The van der Waals surface area contributed by atoms with E-state index < -0.39 is 15.9 Å². The Morgan fingerprint density at radius 2 is 1.49 bits per heavy atom. The topological polar surface area (TPSA) is 117 Å². The van der Waals surface area contributed by atoms with Gasteiger partial charge in [-0.2, -0.15) is 8.42 Å². The fourth-order valence-corrected chi connectivity index (χ4v) is 5.00. The van der Waals surface area contributed by atoms with Gasteiger partial charge < -0.3 is 20.8 Å². The predicted molar refractivity (Wildman–Crippen MR) is 143 cm³/mol. The first-order valence-corrected chi connectivity index (χ1v) is 13.1. The summed E-state index contributed by atoms with van der Waals surface area (Å²) in [6, 6.07) is 22.6. The van der Waals surface area contributed by atoms with Gasteiger partial charge in [0.05, 0.1) is 17.1 Å². The van der Waals surface area contributed by atoms with Crippen molar-refractivity contribution in [3.8, 4) is 5.75 Å². The first-order valence-electron chi connectivity index (χ1n) is 11.7. The third kappa shape index (κ3) is 7.45. The predicted octanol–water partition coefficient (Wildman–Crippen LogP) is 2.90. The van der Waals surface area contributed by atoms with E-state index in [1.54, 1.807) is 60.7 Å². The molecule has 1 heterocycles. The average Bonchev–Trinajstić information content (AvgIpc) is 2.92. The third-order valence-electron chi connectivity index (χ3n) is 5.64. The minimum atomic E-state index is -4.13. The molecule has 37 heavy (non-hydrogen) atoms. The molecule has 3 aromatic rings. The first kappa shape index (κ1) is 28.0. The number of nitrogens with one attached hydrogen (secondary N) is 3. The van der Waals surface area contributed by atoms with E-state index in [-0.39, 0.29) is 41.4 Å². The number of benzene rings is 3. The summed E-state index contributed by atoms with van der Waals surface area (Å²) in [4.78, 5) is 30.3. The van der Waals surface area contributed by atoms with Crippen molar-refractivity contribution in [1.29, 1.82) is 0 Å². The summed E-state index contributed by atoms with van der Waals surface area (Å²) in [5.74, 6) is -0.380. The SMILES string of the molecule is Cl.O=C(CNC(=O)c1ccc(S(=O)(=O)N(Oc2ccccc2)c2ccccc2)cc1)NC1CCNCC1. The smallest absolute Gasteiger partial charge is 0.295 e. The Hall–Kier alpha value is -3.60. The van der Waals surface area contributed by atoms with Gasteiger partial charge in [0, 0.05) is 11.6 Å². The quantitative estimate of drug-likeness (QED) is 0.357. The average molecular weight is 545 g/mol. The van der Waals surface area contributed by atoms with Crippen LogP contribution in [0, 0.1) is 0 Å². The van der Waals surface area contributed by atoms with E-state index in [4.69, 9.17) is 4.84 Å². The Labute approximate surface area is 222 Å². The van der Waals surface area contributed by atoms with Crippen molar-refractivity contribution in [2.75, 3.05) is 24.1 Å². The van der Waals surface area contributed by atoms with E-state index in [0.717, 1.165) is 30.4 Å². The Kier molecular flexibility index (Phi) is 9.90. The third-order valence-corrected chi connectivity index (χ3v) is 7.23. The highest BCUT2D eigenvalue weighted by atomic mass is 35.5. The van der Waals surface area contributed by atoms with Crippen LogP contribution in [0.2, 0.25) is 0 Å². The van der Waals surface area contributed by atoms with Crippen LogP contribution in [0.1, 0.15) is 23.2 Å². The molecule has 0 bridgehead atoms. The van der Waals surface area contributed by atoms with Crippen molar-refractivity contribution in [2.45, 2.75) is 23.8 Å². The van der Waals surface area contributed by atoms with Crippen molar-refractivity contribution in [3.63, 3.8) is 0 Å². The van der Waals surface area contributed by atoms with E-state index in [2.05, 4.69) is 16.0 Å². The van der Waals surface area contributed by atoms with Gasteiger partial charge in [-0.05, 0) is 74.5 Å². The standard InChI is InChI=1S/C26H28N4O5S.ClH/c31-25(29-21-15-17-27-18-16-21)19-28-26(32)20-11-13-24(14-12-20)36(33,34)30(22-7-3-1-4-8-22)35-23-9-5-2-6-10-23;/h1-14,21,27H,15-19H2,(H,28,32)(H,29,31);1H. The summed E-state index contributed by atoms with van der Waals surface area (Å²) in [7, 11) is -4.13. The highest BCUT2D eigenvalue weighted by molar-refractivity contribution is 7.92. The molecule has 0 unspecified atom stereocenters. The van der Waals surface area contributed by atoms with Crippen LogP contribution in [0.5, 0.6) is 5.75 Å². The second-order valence-corrected chi connectivity index (χ2v) is 10.0. The number of piperidine rings is 1. The molecule has 3 aromatic carbocycles. The summed E-state index contributed by atoms with van der Waals surface area (Å²) >= 11 is 0. The van der Waals surface area contributed by atoms with Gasteiger partial charge >= 0.3 is 0 Å². The molecule has 0 saturated carbocycles. The molecule has 1 saturated heterocycles. The zero-order chi connectivity index (χ0) is 25.4. The Balaban J connectivity index is 0.00000380. The largest absolute Gasteiger partial charge is 0.364 e. The van der Waals surface area contributed by atoms with E-state index in [0.29, 0.717) is 11.4 Å². The molecule has 2 amide bonds. The zero-order valence-electron chi connectivity index (χ0n) is 20.0. The van der Waals surface area contributed by atoms with Crippen LogP contribution in [-0.2, 0) is 14.8 Å². The van der Waals surface area contributed by atoms with Crippen LogP contribution in [0.3, 0.4) is 0 Å². The Bertz CT molecular complexity index is 1270. The monoisotopic (exact) mass is 544 g/mol. The summed E-state index contributed by atoms with van der Waals surface area (Å²) < 4.78 is 27.8. The highest BCUT2D eigenvalue weighted by Gasteiger charge is 2.28. The number of nitrogens with zero attached hydrogens (tertiary/aromatic N) is 1. The fourth-order valence-electron chi connectivity index (χ4n) is 3.75. The van der Waals surface area contributed by atoms with Crippen molar-refractivity contribution >= 4 is 39.9 Å². The van der Waals surface area contributed by atoms with Gasteiger partial charge in [-0.3, -0.25) is 9.59 Å². The van der Waals surface area contributed by atoms with Gasteiger partial charge in [0.1, 0.15) is 0 Å². The molecule has 0 atom stereocenters. The summed E-state index contributed by atoms with van der Waals surface area (Å²) in [6.45, 7) is 1.55. The van der Waals surface area contributed by atoms with Crippen LogP contribution in [0.25, 0.3) is 0 Å². The second-order valence-electron chi connectivity index (χ2n) is 8.27. The maximum atomic E-state index is 13.5. The maximum absolute atomic E-state index is 13.5. The number of carbonyl (C=O) groups is 2. The molecule has 196 valence electrons. The molecule has 1 fully saturated rings. The molecule has 0 aromatic heterocycles. The first-order chi connectivity index (χ1) is 17.4. The highest BCUT2D eigenvalue weighted by Crippen LogP contribution is 2.26. The lowest BCUT2D eigenvalue weighted by Gasteiger charge is -2.24. The van der Waals surface area contributed by atoms with Gasteiger partial charge in [0.15, 0.2) is 5.75 Å².